The molecule has 5 nitrogen and oxygen atoms in total. The molecule has 0 bridgehead atoms. The Kier molecular flexibility index (Phi) is 3.87. The van der Waals surface area contributed by atoms with Crippen LogP contribution < -0.4 is 5.32 Å². The Morgan fingerprint density at radius 2 is 2.12 bits per heavy atom. The molecule has 1 aliphatic carbocycles. The quantitative estimate of drug-likeness (QED) is 0.767. The highest BCUT2D eigenvalue weighted by Crippen LogP contribution is 2.56. The van der Waals surface area contributed by atoms with Crippen LogP contribution in [0.3, 0.4) is 0 Å². The van der Waals surface area contributed by atoms with Crippen LogP contribution in [0.5, 0.6) is 0 Å². The number of fused-ring (bicyclic) bond motifs is 1. The van der Waals surface area contributed by atoms with Gasteiger partial charge in [0.15, 0.2) is 0 Å². The minimum absolute atomic E-state index is 0.502. The van der Waals surface area contributed by atoms with Gasteiger partial charge in [0.25, 0.3) is 0 Å². The van der Waals surface area contributed by atoms with Crippen molar-refractivity contribution in [2.45, 2.75) is 38.4 Å². The molecule has 5 rings (SSSR count). The molecule has 1 N–H and O–H groups in total. The van der Waals surface area contributed by atoms with E-state index in [0.717, 1.165) is 43.3 Å². The number of aryl methyl sites for hydroxylation is 1. The molecule has 136 valence electrons. The topological polar surface area (TPSA) is 46.2 Å². The molecule has 1 aromatic carbocycles. The minimum Gasteiger partial charge on any atom is -0.460 e. The van der Waals surface area contributed by atoms with Crippen molar-refractivity contribution in [3.05, 3.63) is 54.3 Å². The molecule has 1 atom stereocenters. The van der Waals surface area contributed by atoms with Gasteiger partial charge in [0.05, 0.1) is 13.1 Å². The Morgan fingerprint density at radius 3 is 2.88 bits per heavy atom. The zero-order valence-corrected chi connectivity index (χ0v) is 15.3. The molecule has 2 aliphatic rings. The number of nitrogens with zero attached hydrogens (tertiary/aromatic N) is 3. The fourth-order valence-electron chi connectivity index (χ4n) is 4.63. The standard InChI is InChI=1S/C21H26N4O/c1-24-11-10-23-20(24)15-25(19-13-21(19)6-8-22-9-7-21)14-17-12-16-4-2-3-5-18(16)26-17/h2-5,10-12,19,22H,6-9,13-15H2,1H3/t19-/m1/s1. The van der Waals surface area contributed by atoms with E-state index in [-0.39, 0.29) is 0 Å². The van der Waals surface area contributed by atoms with E-state index in [9.17, 15) is 0 Å². The first kappa shape index (κ1) is 16.1. The van der Waals surface area contributed by atoms with Crippen LogP contribution in [-0.4, -0.2) is 33.6 Å². The monoisotopic (exact) mass is 350 g/mol. The average Bonchev–Trinajstić information content (AvgIpc) is 2.99. The van der Waals surface area contributed by atoms with Crippen LogP contribution in [-0.2, 0) is 20.1 Å². The first-order valence-electron chi connectivity index (χ1n) is 9.62. The molecule has 1 saturated heterocycles. The summed E-state index contributed by atoms with van der Waals surface area (Å²) in [6, 6.07) is 11.1. The summed E-state index contributed by atoms with van der Waals surface area (Å²) >= 11 is 0. The number of nitrogens with one attached hydrogen (secondary N) is 1. The first-order valence-corrected chi connectivity index (χ1v) is 9.62. The number of piperidine rings is 1. The third kappa shape index (κ3) is 2.85. The van der Waals surface area contributed by atoms with Crippen LogP contribution in [0.4, 0.5) is 0 Å². The average molecular weight is 350 g/mol. The summed E-state index contributed by atoms with van der Waals surface area (Å²) in [5.41, 5.74) is 1.48. The molecule has 3 aromatic rings. The van der Waals surface area contributed by atoms with Gasteiger partial charge in [-0.3, -0.25) is 4.90 Å². The van der Waals surface area contributed by atoms with E-state index in [1.165, 1.54) is 24.6 Å². The molecule has 0 unspecified atom stereocenters. The zero-order chi connectivity index (χ0) is 17.6. The van der Waals surface area contributed by atoms with Gasteiger partial charge in [-0.25, -0.2) is 4.98 Å². The molecule has 26 heavy (non-hydrogen) atoms. The van der Waals surface area contributed by atoms with Crippen LogP contribution >= 0.6 is 0 Å². The second-order valence-electron chi connectivity index (χ2n) is 7.94. The molecule has 1 aliphatic heterocycles. The number of aromatic nitrogens is 2. The summed E-state index contributed by atoms with van der Waals surface area (Å²) < 4.78 is 8.25. The molecular weight excluding hydrogens is 324 g/mol. The predicted octanol–water partition coefficient (Wildman–Crippen LogP) is 3.31. The number of para-hydroxylation sites is 1. The van der Waals surface area contributed by atoms with Crippen molar-refractivity contribution in [3.8, 4) is 0 Å². The van der Waals surface area contributed by atoms with Crippen LogP contribution in [0, 0.1) is 5.41 Å². The molecule has 2 aromatic heterocycles. The Labute approximate surface area is 154 Å². The van der Waals surface area contributed by atoms with Gasteiger partial charge in [0, 0.05) is 30.9 Å². The Bertz CT molecular complexity index is 873. The normalized spacial score (nSPS) is 21.7. The summed E-state index contributed by atoms with van der Waals surface area (Å²) in [7, 11) is 2.08. The van der Waals surface area contributed by atoms with Crippen molar-refractivity contribution in [2.75, 3.05) is 13.1 Å². The lowest BCUT2D eigenvalue weighted by Gasteiger charge is -2.29. The van der Waals surface area contributed by atoms with Crippen molar-refractivity contribution in [3.63, 3.8) is 0 Å². The highest BCUT2D eigenvalue weighted by atomic mass is 16.3. The minimum atomic E-state index is 0.502. The maximum absolute atomic E-state index is 6.12. The molecule has 1 saturated carbocycles. The van der Waals surface area contributed by atoms with Crippen LogP contribution in [0.1, 0.15) is 30.8 Å². The zero-order valence-electron chi connectivity index (χ0n) is 15.3. The summed E-state index contributed by atoms with van der Waals surface area (Å²) in [6.07, 6.45) is 7.80. The van der Waals surface area contributed by atoms with Crippen molar-refractivity contribution >= 4 is 11.0 Å². The molecule has 0 radical (unpaired) electrons. The van der Waals surface area contributed by atoms with Gasteiger partial charge in [-0.15, -0.1) is 0 Å². The van der Waals surface area contributed by atoms with Crippen molar-refractivity contribution < 1.29 is 4.42 Å². The fraction of sp³-hybridized carbons (Fsp3) is 0.476. The van der Waals surface area contributed by atoms with Gasteiger partial charge in [0.2, 0.25) is 0 Å². The summed E-state index contributed by atoms with van der Waals surface area (Å²) in [6.45, 7) is 4.02. The summed E-state index contributed by atoms with van der Waals surface area (Å²) in [5.74, 6) is 2.17. The van der Waals surface area contributed by atoms with Crippen LogP contribution in [0.25, 0.3) is 11.0 Å². The molecule has 2 fully saturated rings. The predicted molar refractivity (Wildman–Crippen MR) is 102 cm³/mol. The number of furan rings is 1. The molecule has 0 amide bonds. The van der Waals surface area contributed by atoms with E-state index in [1.807, 2.05) is 24.5 Å². The summed E-state index contributed by atoms with van der Waals surface area (Å²) in [4.78, 5) is 7.15. The second-order valence-corrected chi connectivity index (χ2v) is 7.94. The molecule has 1 spiro atoms. The fourth-order valence-corrected chi connectivity index (χ4v) is 4.63. The Hall–Kier alpha value is -2.11. The molecular formula is C21H26N4O. The maximum atomic E-state index is 6.12. The number of hydrogen-bond acceptors (Lipinski definition) is 4. The van der Waals surface area contributed by atoms with Gasteiger partial charge in [0.1, 0.15) is 17.2 Å². The highest BCUT2D eigenvalue weighted by molar-refractivity contribution is 5.77. The maximum Gasteiger partial charge on any atom is 0.134 e. The third-order valence-corrected chi connectivity index (χ3v) is 6.29. The second kappa shape index (κ2) is 6.25. The molecule has 5 heteroatoms. The van der Waals surface area contributed by atoms with E-state index < -0.39 is 0 Å². The number of hydrogen-bond donors (Lipinski definition) is 1. The third-order valence-electron chi connectivity index (χ3n) is 6.29. The lowest BCUT2D eigenvalue weighted by Crippen LogP contribution is -2.36. The highest BCUT2D eigenvalue weighted by Gasteiger charge is 2.56. The van der Waals surface area contributed by atoms with Crippen LogP contribution in [0.2, 0.25) is 0 Å². The SMILES string of the molecule is Cn1ccnc1CN(Cc1cc2ccccc2o1)[C@@H]1CC12CCNCC2. The smallest absolute Gasteiger partial charge is 0.134 e. The van der Waals surface area contributed by atoms with E-state index in [1.54, 1.807) is 0 Å². The molecule has 3 heterocycles. The number of rotatable bonds is 5. The van der Waals surface area contributed by atoms with Gasteiger partial charge in [-0.05, 0) is 49.9 Å². The van der Waals surface area contributed by atoms with E-state index in [0.29, 0.717) is 11.5 Å². The van der Waals surface area contributed by atoms with Crippen molar-refractivity contribution in [1.29, 1.82) is 0 Å². The van der Waals surface area contributed by atoms with Gasteiger partial charge < -0.3 is 14.3 Å². The largest absolute Gasteiger partial charge is 0.460 e. The Morgan fingerprint density at radius 1 is 1.27 bits per heavy atom. The van der Waals surface area contributed by atoms with Gasteiger partial charge in [-0.1, -0.05) is 18.2 Å². The van der Waals surface area contributed by atoms with Crippen molar-refractivity contribution in [1.82, 2.24) is 19.8 Å². The first-order chi connectivity index (χ1) is 12.7. The number of benzene rings is 1. The summed E-state index contributed by atoms with van der Waals surface area (Å²) in [5, 5.41) is 4.70. The lowest BCUT2D eigenvalue weighted by atomic mass is 9.93. The Balaban J connectivity index is 1.41. The van der Waals surface area contributed by atoms with E-state index in [4.69, 9.17) is 4.42 Å². The number of imidazole rings is 1. The van der Waals surface area contributed by atoms with Gasteiger partial charge >= 0.3 is 0 Å². The van der Waals surface area contributed by atoms with Crippen LogP contribution in [0.15, 0.2) is 47.1 Å². The lowest BCUT2D eigenvalue weighted by molar-refractivity contribution is 0.172. The van der Waals surface area contributed by atoms with E-state index in [2.05, 4.69) is 45.0 Å². The van der Waals surface area contributed by atoms with E-state index >= 15 is 0 Å². The van der Waals surface area contributed by atoms with Gasteiger partial charge in [-0.2, -0.15) is 0 Å². The van der Waals surface area contributed by atoms with Crippen molar-refractivity contribution in [2.24, 2.45) is 12.5 Å².